The largest absolute Gasteiger partial charge is 0.635 e. The van der Waals surface area contributed by atoms with E-state index in [1.807, 2.05) is 12.1 Å². The molecule has 1 aliphatic rings. The van der Waals surface area contributed by atoms with Crippen LogP contribution in [0.1, 0.15) is 0 Å². The van der Waals surface area contributed by atoms with Crippen LogP contribution in [0.25, 0.3) is 0 Å². The van der Waals surface area contributed by atoms with E-state index in [1.54, 1.807) is 30.3 Å². The van der Waals surface area contributed by atoms with Crippen LogP contribution in [-0.4, -0.2) is 7.12 Å². The van der Waals surface area contributed by atoms with Crippen molar-refractivity contribution in [2.45, 2.75) is 0 Å². The van der Waals surface area contributed by atoms with Crippen LogP contribution in [0.2, 0.25) is 0 Å². The van der Waals surface area contributed by atoms with Gasteiger partial charge < -0.3 is 9.31 Å². The molecule has 4 heteroatoms. The van der Waals surface area contributed by atoms with Crippen molar-refractivity contribution >= 4 is 12.6 Å². The highest BCUT2D eigenvalue weighted by atomic mass is 19.1. The smallest absolute Gasteiger partial charge is 0.519 e. The third-order valence-corrected chi connectivity index (χ3v) is 2.48. The summed E-state index contributed by atoms with van der Waals surface area (Å²) in [5.41, 5.74) is 0.415. The van der Waals surface area contributed by atoms with Gasteiger partial charge in [0.2, 0.25) is 0 Å². The second kappa shape index (κ2) is 3.56. The van der Waals surface area contributed by atoms with Crippen molar-refractivity contribution in [2.24, 2.45) is 0 Å². The SMILES string of the molecule is Fc1ccccc1B1Oc2ccccc2O1. The zero-order valence-electron chi connectivity index (χ0n) is 8.39. The van der Waals surface area contributed by atoms with Gasteiger partial charge in [0.25, 0.3) is 0 Å². The quantitative estimate of drug-likeness (QED) is 0.675. The van der Waals surface area contributed by atoms with Crippen LogP contribution in [0.5, 0.6) is 11.5 Å². The number of hydrogen-bond donors (Lipinski definition) is 0. The molecule has 0 fully saturated rings. The van der Waals surface area contributed by atoms with Crippen LogP contribution in [0.15, 0.2) is 48.5 Å². The Balaban J connectivity index is 1.95. The number of hydrogen-bond acceptors (Lipinski definition) is 2. The first-order chi connectivity index (χ1) is 7.84. The number of benzene rings is 2. The van der Waals surface area contributed by atoms with E-state index in [0.29, 0.717) is 17.0 Å². The molecule has 2 aromatic carbocycles. The molecule has 0 spiro atoms. The first kappa shape index (κ1) is 9.27. The van der Waals surface area contributed by atoms with E-state index in [1.165, 1.54) is 6.07 Å². The average molecular weight is 214 g/mol. The van der Waals surface area contributed by atoms with E-state index < -0.39 is 7.12 Å². The maximum atomic E-state index is 13.5. The Bertz CT molecular complexity index is 505. The first-order valence-corrected chi connectivity index (χ1v) is 5.01. The van der Waals surface area contributed by atoms with Gasteiger partial charge in [-0.05, 0) is 18.2 Å². The monoisotopic (exact) mass is 214 g/mol. The first-order valence-electron chi connectivity index (χ1n) is 5.01. The molecule has 0 bridgehead atoms. The minimum Gasteiger partial charge on any atom is -0.519 e. The highest BCUT2D eigenvalue weighted by Crippen LogP contribution is 2.32. The van der Waals surface area contributed by atoms with Gasteiger partial charge in [0, 0.05) is 5.46 Å². The molecule has 3 rings (SSSR count). The van der Waals surface area contributed by atoms with Gasteiger partial charge in [-0.1, -0.05) is 30.3 Å². The minimum atomic E-state index is -0.682. The Labute approximate surface area is 92.8 Å². The lowest BCUT2D eigenvalue weighted by molar-refractivity contribution is 0.513. The molecule has 0 N–H and O–H groups in total. The molecular formula is C12H8BFO2. The number of rotatable bonds is 1. The Morgan fingerprint density at radius 2 is 1.38 bits per heavy atom. The molecule has 0 saturated heterocycles. The lowest BCUT2D eigenvalue weighted by Gasteiger charge is -2.05. The van der Waals surface area contributed by atoms with Gasteiger partial charge in [0.15, 0.2) is 0 Å². The van der Waals surface area contributed by atoms with Gasteiger partial charge in [-0.2, -0.15) is 0 Å². The van der Waals surface area contributed by atoms with E-state index in [4.69, 9.17) is 9.31 Å². The van der Waals surface area contributed by atoms with Gasteiger partial charge in [-0.3, -0.25) is 0 Å². The molecule has 0 unspecified atom stereocenters. The molecule has 2 nitrogen and oxygen atoms in total. The van der Waals surface area contributed by atoms with E-state index in [-0.39, 0.29) is 5.82 Å². The minimum absolute atomic E-state index is 0.319. The molecule has 0 atom stereocenters. The standard InChI is InChI=1S/C12H8BFO2/c14-10-6-2-1-5-9(10)13-15-11-7-3-4-8-12(11)16-13/h1-8H. The summed E-state index contributed by atoms with van der Waals surface area (Å²) in [6.45, 7) is 0. The van der Waals surface area contributed by atoms with Gasteiger partial charge in [-0.15, -0.1) is 0 Å². The number of para-hydroxylation sites is 2. The number of halogens is 1. The number of fused-ring (bicyclic) bond motifs is 1. The molecule has 0 saturated carbocycles. The summed E-state index contributed by atoms with van der Waals surface area (Å²) in [5, 5.41) is 0. The molecule has 0 aromatic heterocycles. The molecule has 0 aliphatic carbocycles. The summed E-state index contributed by atoms with van der Waals surface area (Å²) < 4.78 is 24.5. The van der Waals surface area contributed by atoms with Crippen LogP contribution >= 0.6 is 0 Å². The average Bonchev–Trinajstić information content (AvgIpc) is 2.73. The van der Waals surface area contributed by atoms with Crippen LogP contribution in [0, 0.1) is 5.82 Å². The van der Waals surface area contributed by atoms with E-state index >= 15 is 0 Å². The Hall–Kier alpha value is -1.97. The highest BCUT2D eigenvalue weighted by molar-refractivity contribution is 6.63. The van der Waals surface area contributed by atoms with Crippen LogP contribution in [-0.2, 0) is 0 Å². The molecule has 2 aromatic rings. The lowest BCUT2D eigenvalue weighted by atomic mass is 9.79. The topological polar surface area (TPSA) is 18.5 Å². The molecule has 0 amide bonds. The third kappa shape index (κ3) is 1.43. The van der Waals surface area contributed by atoms with E-state index in [2.05, 4.69) is 0 Å². The molecule has 1 aliphatic heterocycles. The van der Waals surface area contributed by atoms with Crippen molar-refractivity contribution in [2.75, 3.05) is 0 Å². The summed E-state index contributed by atoms with van der Waals surface area (Å²) in [5.74, 6) is 0.979. The van der Waals surface area contributed by atoms with Gasteiger partial charge in [0.1, 0.15) is 17.3 Å². The van der Waals surface area contributed by atoms with E-state index in [9.17, 15) is 4.39 Å². The fourth-order valence-corrected chi connectivity index (χ4v) is 1.69. The fourth-order valence-electron chi connectivity index (χ4n) is 1.69. The summed E-state index contributed by atoms with van der Waals surface area (Å²) in [6.07, 6.45) is 0. The zero-order valence-corrected chi connectivity index (χ0v) is 8.39. The van der Waals surface area contributed by atoms with E-state index in [0.717, 1.165) is 0 Å². The molecular weight excluding hydrogens is 206 g/mol. The zero-order chi connectivity index (χ0) is 11.0. The molecule has 16 heavy (non-hydrogen) atoms. The van der Waals surface area contributed by atoms with Gasteiger partial charge >= 0.3 is 7.12 Å². The van der Waals surface area contributed by atoms with Crippen molar-refractivity contribution in [1.82, 2.24) is 0 Å². The maximum Gasteiger partial charge on any atom is 0.635 e. The normalized spacial score (nSPS) is 12.9. The van der Waals surface area contributed by atoms with Gasteiger partial charge in [-0.25, -0.2) is 4.39 Å². The summed E-state index contributed by atoms with van der Waals surface area (Å²) in [7, 11) is -0.682. The second-order valence-corrected chi connectivity index (χ2v) is 3.54. The molecule has 1 heterocycles. The van der Waals surface area contributed by atoms with Gasteiger partial charge in [0.05, 0.1) is 0 Å². The Morgan fingerprint density at radius 3 is 2.00 bits per heavy atom. The second-order valence-electron chi connectivity index (χ2n) is 3.54. The summed E-state index contributed by atoms with van der Waals surface area (Å²) in [4.78, 5) is 0. The summed E-state index contributed by atoms with van der Waals surface area (Å²) >= 11 is 0. The third-order valence-electron chi connectivity index (χ3n) is 2.48. The van der Waals surface area contributed by atoms with Crippen LogP contribution < -0.4 is 14.8 Å². The molecule has 78 valence electrons. The van der Waals surface area contributed by atoms with Crippen molar-refractivity contribution < 1.29 is 13.7 Å². The van der Waals surface area contributed by atoms with Crippen LogP contribution in [0.3, 0.4) is 0 Å². The van der Waals surface area contributed by atoms with Crippen LogP contribution in [0.4, 0.5) is 4.39 Å². The lowest BCUT2D eigenvalue weighted by Crippen LogP contribution is -2.40. The van der Waals surface area contributed by atoms with Crippen molar-refractivity contribution in [3.05, 3.63) is 54.3 Å². The highest BCUT2D eigenvalue weighted by Gasteiger charge is 2.35. The predicted octanol–water partition coefficient (Wildman–Crippen LogP) is 1.99. The predicted molar refractivity (Wildman–Crippen MR) is 59.5 cm³/mol. The Kier molecular flexibility index (Phi) is 2.06. The van der Waals surface area contributed by atoms with Crippen molar-refractivity contribution in [3.63, 3.8) is 0 Å². The fraction of sp³-hybridized carbons (Fsp3) is 0. The molecule has 0 radical (unpaired) electrons. The van der Waals surface area contributed by atoms with Crippen molar-refractivity contribution in [3.8, 4) is 11.5 Å². The van der Waals surface area contributed by atoms with Crippen molar-refractivity contribution in [1.29, 1.82) is 0 Å². The maximum absolute atomic E-state index is 13.5. The summed E-state index contributed by atoms with van der Waals surface area (Å²) in [6, 6.07) is 13.8. The Morgan fingerprint density at radius 1 is 0.812 bits per heavy atom.